The van der Waals surface area contributed by atoms with E-state index in [-0.39, 0.29) is 10.8 Å². The highest BCUT2D eigenvalue weighted by molar-refractivity contribution is 7.89. The van der Waals surface area contributed by atoms with Gasteiger partial charge in [0.05, 0.1) is 4.90 Å². The fourth-order valence-corrected chi connectivity index (χ4v) is 4.33. The summed E-state index contributed by atoms with van der Waals surface area (Å²) < 4.78 is 23.6. The van der Waals surface area contributed by atoms with Crippen molar-refractivity contribution in [3.8, 4) is 0 Å². The molecule has 0 radical (unpaired) electrons. The third-order valence-electron chi connectivity index (χ3n) is 4.67. The molecule has 0 spiro atoms. The van der Waals surface area contributed by atoms with Crippen LogP contribution in [-0.4, -0.2) is 25.8 Å². The molecule has 0 unspecified atom stereocenters. The number of nitrogens with two attached hydrogens (primary N) is 1. The second-order valence-electron chi connectivity index (χ2n) is 6.32. The number of amides is 1. The summed E-state index contributed by atoms with van der Waals surface area (Å²) >= 11 is 6.21. The van der Waals surface area contributed by atoms with Crippen LogP contribution in [0, 0.1) is 13.8 Å². The highest BCUT2D eigenvalue weighted by Gasteiger charge is 2.25. The minimum atomic E-state index is -3.89. The Morgan fingerprint density at radius 1 is 1.24 bits per heavy atom. The van der Waals surface area contributed by atoms with E-state index in [1.54, 1.807) is 24.8 Å². The molecule has 0 bridgehead atoms. The number of hydrogen-bond donors (Lipinski definition) is 1. The van der Waals surface area contributed by atoms with E-state index in [0.717, 1.165) is 16.7 Å². The Bertz CT molecular complexity index is 971. The Labute approximate surface area is 152 Å². The molecule has 1 aliphatic heterocycles. The summed E-state index contributed by atoms with van der Waals surface area (Å²) in [6.45, 7) is 4.44. The first-order valence-electron chi connectivity index (χ1n) is 7.88. The zero-order chi connectivity index (χ0) is 18.4. The molecule has 1 amide bonds. The van der Waals surface area contributed by atoms with Gasteiger partial charge in [0, 0.05) is 23.7 Å². The Morgan fingerprint density at radius 2 is 1.96 bits per heavy atom. The number of sulfonamides is 1. The lowest BCUT2D eigenvalue weighted by atomic mass is 9.98. The average Bonchev–Trinajstić information content (AvgIpc) is 2.55. The molecule has 2 aromatic rings. The van der Waals surface area contributed by atoms with E-state index in [0.29, 0.717) is 35.7 Å². The standard InChI is InChI=1S/C18H19ClN2O3S/c1-11-8-14(9-17(12(11)2)25(20,23)24)18(22)21-7-6-15-13(10-21)4-3-5-16(15)19/h3-5,8-9H,6-7,10H2,1-2H3,(H2,20,23,24). The quantitative estimate of drug-likeness (QED) is 0.872. The molecular formula is C18H19ClN2O3S. The van der Waals surface area contributed by atoms with Crippen molar-refractivity contribution in [1.82, 2.24) is 4.90 Å². The van der Waals surface area contributed by atoms with Crippen LogP contribution in [0.2, 0.25) is 5.02 Å². The zero-order valence-corrected chi connectivity index (χ0v) is 15.6. The molecule has 132 valence electrons. The second kappa shape index (κ2) is 6.44. The second-order valence-corrected chi connectivity index (χ2v) is 8.25. The fraction of sp³-hybridized carbons (Fsp3) is 0.278. The third-order valence-corrected chi connectivity index (χ3v) is 6.06. The summed E-state index contributed by atoms with van der Waals surface area (Å²) in [5.74, 6) is -0.210. The lowest BCUT2D eigenvalue weighted by Crippen LogP contribution is -2.36. The van der Waals surface area contributed by atoms with Crippen LogP contribution in [0.5, 0.6) is 0 Å². The number of halogens is 1. The van der Waals surface area contributed by atoms with Crippen LogP contribution in [0.1, 0.15) is 32.6 Å². The van der Waals surface area contributed by atoms with Crippen molar-refractivity contribution < 1.29 is 13.2 Å². The molecule has 0 saturated carbocycles. The van der Waals surface area contributed by atoms with Gasteiger partial charge in [-0.05, 0) is 60.7 Å². The predicted octanol–water partition coefficient (Wildman–Crippen LogP) is 2.80. The Balaban J connectivity index is 1.96. The Hall–Kier alpha value is -1.89. The SMILES string of the molecule is Cc1cc(C(=O)N2CCc3c(Cl)cccc3C2)cc(S(N)(=O)=O)c1C. The van der Waals surface area contributed by atoms with Crippen LogP contribution in [0.3, 0.4) is 0 Å². The van der Waals surface area contributed by atoms with Gasteiger partial charge in [0.25, 0.3) is 5.91 Å². The van der Waals surface area contributed by atoms with Gasteiger partial charge in [-0.15, -0.1) is 0 Å². The van der Waals surface area contributed by atoms with Gasteiger partial charge < -0.3 is 4.90 Å². The molecule has 25 heavy (non-hydrogen) atoms. The summed E-state index contributed by atoms with van der Waals surface area (Å²) in [6, 6.07) is 8.74. The summed E-state index contributed by atoms with van der Waals surface area (Å²) in [5, 5.41) is 6.00. The number of aryl methyl sites for hydroxylation is 1. The molecule has 2 N–H and O–H groups in total. The van der Waals surface area contributed by atoms with Crippen LogP contribution < -0.4 is 5.14 Å². The molecule has 0 fully saturated rings. The maximum Gasteiger partial charge on any atom is 0.254 e. The number of primary sulfonamides is 1. The lowest BCUT2D eigenvalue weighted by molar-refractivity contribution is 0.0734. The number of nitrogens with zero attached hydrogens (tertiary/aromatic N) is 1. The number of fused-ring (bicyclic) bond motifs is 1. The van der Waals surface area contributed by atoms with Crippen LogP contribution >= 0.6 is 11.6 Å². The molecule has 0 aromatic heterocycles. The van der Waals surface area contributed by atoms with Gasteiger partial charge in [-0.2, -0.15) is 0 Å². The maximum atomic E-state index is 12.9. The van der Waals surface area contributed by atoms with Crippen molar-refractivity contribution in [2.75, 3.05) is 6.54 Å². The highest BCUT2D eigenvalue weighted by atomic mass is 35.5. The topological polar surface area (TPSA) is 80.5 Å². The molecule has 7 heteroatoms. The van der Waals surface area contributed by atoms with E-state index in [1.165, 1.54) is 6.07 Å². The Kier molecular flexibility index (Phi) is 4.62. The zero-order valence-electron chi connectivity index (χ0n) is 14.0. The minimum Gasteiger partial charge on any atom is -0.334 e. The largest absolute Gasteiger partial charge is 0.334 e. The van der Waals surface area contributed by atoms with Crippen molar-refractivity contribution in [3.63, 3.8) is 0 Å². The number of benzene rings is 2. The average molecular weight is 379 g/mol. The van der Waals surface area contributed by atoms with E-state index in [1.807, 2.05) is 18.2 Å². The predicted molar refractivity (Wildman–Crippen MR) is 97.2 cm³/mol. The van der Waals surface area contributed by atoms with E-state index < -0.39 is 10.0 Å². The van der Waals surface area contributed by atoms with Gasteiger partial charge >= 0.3 is 0 Å². The normalized spacial score (nSPS) is 14.3. The number of carbonyl (C=O) groups is 1. The molecule has 5 nitrogen and oxygen atoms in total. The molecule has 0 aliphatic carbocycles. The van der Waals surface area contributed by atoms with Crippen molar-refractivity contribution in [2.24, 2.45) is 5.14 Å². The summed E-state index contributed by atoms with van der Waals surface area (Å²) in [6.07, 6.45) is 0.674. The monoisotopic (exact) mass is 378 g/mol. The molecule has 3 rings (SSSR count). The van der Waals surface area contributed by atoms with Crippen molar-refractivity contribution in [3.05, 3.63) is 63.2 Å². The molecule has 0 atom stereocenters. The smallest absolute Gasteiger partial charge is 0.254 e. The summed E-state index contributed by atoms with van der Waals surface area (Å²) in [4.78, 5) is 14.6. The first-order valence-corrected chi connectivity index (χ1v) is 9.80. The Morgan fingerprint density at radius 3 is 2.64 bits per heavy atom. The van der Waals surface area contributed by atoms with Crippen LogP contribution in [0.25, 0.3) is 0 Å². The molecule has 0 saturated heterocycles. The fourth-order valence-electron chi connectivity index (χ4n) is 3.16. The third kappa shape index (κ3) is 3.42. The number of hydrogen-bond acceptors (Lipinski definition) is 3. The minimum absolute atomic E-state index is 0.00342. The molecule has 1 heterocycles. The maximum absolute atomic E-state index is 12.9. The van der Waals surface area contributed by atoms with Gasteiger partial charge in [0.15, 0.2) is 0 Å². The van der Waals surface area contributed by atoms with Crippen LogP contribution in [0.4, 0.5) is 0 Å². The summed E-state index contributed by atoms with van der Waals surface area (Å²) in [7, 11) is -3.89. The molecular weight excluding hydrogens is 360 g/mol. The summed E-state index contributed by atoms with van der Waals surface area (Å²) in [5.41, 5.74) is 3.70. The van der Waals surface area contributed by atoms with E-state index in [2.05, 4.69) is 0 Å². The van der Waals surface area contributed by atoms with Crippen molar-refractivity contribution in [2.45, 2.75) is 31.7 Å². The number of carbonyl (C=O) groups excluding carboxylic acids is 1. The van der Waals surface area contributed by atoms with Gasteiger partial charge in [-0.3, -0.25) is 4.79 Å². The van der Waals surface area contributed by atoms with E-state index in [4.69, 9.17) is 16.7 Å². The van der Waals surface area contributed by atoms with E-state index in [9.17, 15) is 13.2 Å². The van der Waals surface area contributed by atoms with Crippen molar-refractivity contribution >= 4 is 27.5 Å². The van der Waals surface area contributed by atoms with Crippen molar-refractivity contribution in [1.29, 1.82) is 0 Å². The van der Waals surface area contributed by atoms with E-state index >= 15 is 0 Å². The first kappa shape index (κ1) is 17.9. The number of rotatable bonds is 2. The lowest BCUT2D eigenvalue weighted by Gasteiger charge is -2.29. The molecule has 2 aromatic carbocycles. The van der Waals surface area contributed by atoms with Crippen LogP contribution in [0.15, 0.2) is 35.2 Å². The molecule has 1 aliphatic rings. The van der Waals surface area contributed by atoms with Gasteiger partial charge in [0.2, 0.25) is 10.0 Å². The highest BCUT2D eigenvalue weighted by Crippen LogP contribution is 2.28. The van der Waals surface area contributed by atoms with Gasteiger partial charge in [0.1, 0.15) is 0 Å². The van der Waals surface area contributed by atoms with Gasteiger partial charge in [-0.25, -0.2) is 13.6 Å². The van der Waals surface area contributed by atoms with Gasteiger partial charge in [-0.1, -0.05) is 23.7 Å². The van der Waals surface area contributed by atoms with Crippen LogP contribution in [-0.2, 0) is 23.0 Å². The first-order chi connectivity index (χ1) is 11.7.